The van der Waals surface area contributed by atoms with Gasteiger partial charge in [0.25, 0.3) is 5.65 Å². The third kappa shape index (κ3) is 1.82. The zero-order valence-corrected chi connectivity index (χ0v) is 14.0. The molecular weight excluding hydrogens is 314 g/mol. The maximum Gasteiger partial charge on any atom is 0.286 e. The van der Waals surface area contributed by atoms with Gasteiger partial charge >= 0.3 is 0 Å². The largest absolute Gasteiger partial charge is 0.390 e. The number of nitrogens with zero attached hydrogens (tertiary/aromatic N) is 1. The average molecular weight is 336 g/mol. The minimum absolute atomic E-state index is 0.0630. The number of fused-ring (bicyclic) bond motifs is 3. The molecular formula is C20H22N3O2+. The zero-order chi connectivity index (χ0) is 16.8. The molecule has 3 heterocycles. The van der Waals surface area contributed by atoms with Gasteiger partial charge in [0, 0.05) is 18.3 Å². The van der Waals surface area contributed by atoms with Crippen LogP contribution < -0.4 is 10.4 Å². The fraction of sp³-hybridized carbons (Fsp3) is 0.500. The number of rotatable bonds is 1. The Hall–Kier alpha value is -2.14. The third-order valence-corrected chi connectivity index (χ3v) is 7.04. The van der Waals surface area contributed by atoms with Crippen molar-refractivity contribution >= 4 is 21.9 Å². The predicted molar refractivity (Wildman–Crippen MR) is 94.2 cm³/mol. The molecule has 7 rings (SSSR count). The van der Waals surface area contributed by atoms with Gasteiger partial charge in [-0.3, -0.25) is 4.79 Å². The van der Waals surface area contributed by atoms with Crippen LogP contribution in [0.1, 0.15) is 38.1 Å². The van der Waals surface area contributed by atoms with Gasteiger partial charge in [-0.25, -0.2) is 9.97 Å². The molecule has 0 amide bonds. The van der Waals surface area contributed by atoms with Gasteiger partial charge in [0.05, 0.1) is 28.1 Å². The van der Waals surface area contributed by atoms with Gasteiger partial charge in [-0.1, -0.05) is 0 Å². The summed E-state index contributed by atoms with van der Waals surface area (Å²) in [6.07, 6.45) is 11.0. The summed E-state index contributed by atoms with van der Waals surface area (Å²) in [6, 6.07) is 4.14. The molecule has 0 saturated heterocycles. The molecule has 3 aromatic rings. The monoisotopic (exact) mass is 336 g/mol. The van der Waals surface area contributed by atoms with Gasteiger partial charge < -0.3 is 9.67 Å². The van der Waals surface area contributed by atoms with Crippen LogP contribution in [0.2, 0.25) is 0 Å². The predicted octanol–water partition coefficient (Wildman–Crippen LogP) is 2.41. The van der Waals surface area contributed by atoms with E-state index in [4.69, 9.17) is 0 Å². The van der Waals surface area contributed by atoms with E-state index in [1.807, 2.05) is 24.7 Å². The number of hydrogen-bond acceptors (Lipinski definition) is 2. The van der Waals surface area contributed by atoms with E-state index in [0.29, 0.717) is 23.8 Å². The van der Waals surface area contributed by atoms with E-state index in [2.05, 4.69) is 14.5 Å². The first-order valence-electron chi connectivity index (χ1n) is 9.36. The topological polar surface area (TPSA) is 72.2 Å². The van der Waals surface area contributed by atoms with Gasteiger partial charge in [0.2, 0.25) is 0 Å². The maximum absolute atomic E-state index is 12.5. The quantitative estimate of drug-likeness (QED) is 0.716. The lowest BCUT2D eigenvalue weighted by Gasteiger charge is -2.58. The van der Waals surface area contributed by atoms with Gasteiger partial charge in [-0.2, -0.15) is 0 Å². The summed E-state index contributed by atoms with van der Waals surface area (Å²) in [6.45, 7) is 0. The van der Waals surface area contributed by atoms with Crippen molar-refractivity contribution in [2.75, 3.05) is 0 Å². The number of H-pyrrole nitrogens is 2. The summed E-state index contributed by atoms with van der Waals surface area (Å²) in [5.74, 6) is 1.71. The van der Waals surface area contributed by atoms with Crippen molar-refractivity contribution in [2.45, 2.75) is 43.7 Å². The molecule has 5 nitrogen and oxygen atoms in total. The van der Waals surface area contributed by atoms with Crippen molar-refractivity contribution < 1.29 is 10.1 Å². The van der Waals surface area contributed by atoms with Crippen molar-refractivity contribution in [1.29, 1.82) is 0 Å². The van der Waals surface area contributed by atoms with Crippen LogP contribution >= 0.6 is 0 Å². The molecule has 2 unspecified atom stereocenters. The molecule has 4 fully saturated rings. The van der Waals surface area contributed by atoms with E-state index >= 15 is 0 Å². The molecule has 25 heavy (non-hydrogen) atoms. The van der Waals surface area contributed by atoms with E-state index in [9.17, 15) is 9.90 Å². The number of hydrogen-bond donors (Lipinski definition) is 2. The second kappa shape index (κ2) is 4.52. The smallest absolute Gasteiger partial charge is 0.286 e. The highest BCUT2D eigenvalue weighted by atomic mass is 16.3. The van der Waals surface area contributed by atoms with Crippen molar-refractivity contribution in [3.8, 4) is 0 Å². The van der Waals surface area contributed by atoms with Crippen molar-refractivity contribution in [3.05, 3.63) is 40.9 Å². The van der Waals surface area contributed by atoms with Crippen molar-refractivity contribution in [1.82, 2.24) is 9.55 Å². The van der Waals surface area contributed by atoms with Crippen LogP contribution in [0.4, 0.5) is 0 Å². The van der Waals surface area contributed by atoms with Crippen LogP contribution in [-0.4, -0.2) is 20.3 Å². The third-order valence-electron chi connectivity index (χ3n) is 7.04. The van der Waals surface area contributed by atoms with E-state index in [1.54, 1.807) is 6.07 Å². The molecule has 0 aromatic carbocycles. The van der Waals surface area contributed by atoms with Gasteiger partial charge in [0.15, 0.2) is 5.43 Å². The minimum Gasteiger partial charge on any atom is -0.390 e. The standard InChI is InChI=1S/C20H21N3O2/c24-16-2-4-23(18-14-1-3-21-19(14)22-10-15(16)18)17-12-5-11-6-13(17)9-20(25,7-11)8-12/h1-4,10-13,17,25H,5-9H2,(H,21,22)/p+1. The Balaban J connectivity index is 1.62. The number of aliphatic hydroxyl groups is 1. The molecule has 4 saturated carbocycles. The maximum atomic E-state index is 12.5. The second-order valence-corrected chi connectivity index (χ2v) is 8.59. The molecule has 3 N–H and O–H groups in total. The zero-order valence-electron chi connectivity index (χ0n) is 14.0. The summed E-state index contributed by atoms with van der Waals surface area (Å²) in [4.78, 5) is 18.9. The van der Waals surface area contributed by atoms with E-state index in [1.165, 1.54) is 12.8 Å². The highest BCUT2D eigenvalue weighted by Gasteiger charge is 2.55. The SMILES string of the molecule is O=c1ccn(C2C3CC4CC2CC(O)(C4)C3)c2c1c[nH+]c1[nH]ccc12. The van der Waals surface area contributed by atoms with Gasteiger partial charge in [-0.15, -0.1) is 0 Å². The summed E-state index contributed by atoms with van der Waals surface area (Å²) in [5.41, 5.74) is 1.62. The lowest BCUT2D eigenvalue weighted by atomic mass is 9.52. The molecule has 3 aromatic heterocycles. The average Bonchev–Trinajstić information content (AvgIpc) is 3.03. The fourth-order valence-corrected chi connectivity index (χ4v) is 6.48. The molecule has 2 atom stereocenters. The Bertz CT molecular complexity index is 1050. The number of nitrogens with one attached hydrogen (secondary N) is 2. The molecule has 0 spiro atoms. The fourth-order valence-electron chi connectivity index (χ4n) is 6.48. The van der Waals surface area contributed by atoms with Crippen LogP contribution in [-0.2, 0) is 0 Å². The van der Waals surface area contributed by atoms with Crippen LogP contribution in [0.5, 0.6) is 0 Å². The van der Waals surface area contributed by atoms with Crippen LogP contribution in [0.15, 0.2) is 35.5 Å². The Morgan fingerprint density at radius 1 is 1.16 bits per heavy atom. The molecule has 5 heteroatoms. The summed E-state index contributed by atoms with van der Waals surface area (Å²) in [7, 11) is 0. The normalized spacial score (nSPS) is 36.5. The highest BCUT2D eigenvalue weighted by molar-refractivity contribution is 6.00. The molecule has 128 valence electrons. The van der Waals surface area contributed by atoms with E-state index in [0.717, 1.165) is 41.2 Å². The number of pyridine rings is 2. The van der Waals surface area contributed by atoms with Crippen LogP contribution in [0.25, 0.3) is 21.9 Å². The van der Waals surface area contributed by atoms with Crippen molar-refractivity contribution in [2.24, 2.45) is 17.8 Å². The first kappa shape index (κ1) is 14.1. The van der Waals surface area contributed by atoms with E-state index < -0.39 is 5.60 Å². The first-order valence-corrected chi connectivity index (χ1v) is 9.36. The van der Waals surface area contributed by atoms with Crippen LogP contribution in [0, 0.1) is 17.8 Å². The Kier molecular flexibility index (Phi) is 2.55. The Labute approximate surface area is 144 Å². The van der Waals surface area contributed by atoms with Gasteiger partial charge in [0.1, 0.15) is 6.20 Å². The van der Waals surface area contributed by atoms with Crippen molar-refractivity contribution in [3.63, 3.8) is 0 Å². The van der Waals surface area contributed by atoms with Gasteiger partial charge in [-0.05, 0) is 55.9 Å². The first-order chi connectivity index (χ1) is 12.1. The highest BCUT2D eigenvalue weighted by Crippen LogP contribution is 2.60. The Morgan fingerprint density at radius 2 is 1.96 bits per heavy atom. The van der Waals surface area contributed by atoms with Crippen LogP contribution in [0.3, 0.4) is 0 Å². The molecule has 4 bridgehead atoms. The minimum atomic E-state index is -0.432. The summed E-state index contributed by atoms with van der Waals surface area (Å²) >= 11 is 0. The number of aromatic nitrogens is 3. The molecule has 0 radical (unpaired) electrons. The summed E-state index contributed by atoms with van der Waals surface area (Å²) in [5, 5.41) is 12.7. The summed E-state index contributed by atoms with van der Waals surface area (Å²) < 4.78 is 2.36. The van der Waals surface area contributed by atoms with E-state index in [-0.39, 0.29) is 5.43 Å². The lowest BCUT2D eigenvalue weighted by molar-refractivity contribution is -0.345. The Morgan fingerprint density at radius 3 is 2.72 bits per heavy atom. The lowest BCUT2D eigenvalue weighted by Crippen LogP contribution is -2.55. The molecule has 4 aliphatic carbocycles. The molecule has 0 aliphatic heterocycles. The molecule has 4 aliphatic rings. The second-order valence-electron chi connectivity index (χ2n) is 8.59. The number of aromatic amines is 2.